The van der Waals surface area contributed by atoms with Crippen LogP contribution in [0.1, 0.15) is 20.1 Å². The Balaban J connectivity index is 1.90. The van der Waals surface area contributed by atoms with E-state index in [-0.39, 0.29) is 12.7 Å². The van der Waals surface area contributed by atoms with Gasteiger partial charge in [-0.25, -0.2) is 4.79 Å². The van der Waals surface area contributed by atoms with E-state index < -0.39 is 35.5 Å². The summed E-state index contributed by atoms with van der Waals surface area (Å²) < 4.78 is 17.9. The van der Waals surface area contributed by atoms with E-state index >= 15 is 0 Å². The lowest BCUT2D eigenvalue weighted by atomic mass is 10.0. The molecule has 4 atom stereocenters. The Labute approximate surface area is 113 Å². The maximum atomic E-state index is 11.7. The van der Waals surface area contributed by atoms with Gasteiger partial charge in [-0.15, -0.1) is 0 Å². The second-order valence-electron chi connectivity index (χ2n) is 5.37. The van der Waals surface area contributed by atoms with E-state index in [0.717, 1.165) is 4.57 Å². The molecule has 2 fully saturated rings. The molecule has 0 radical (unpaired) electrons. The molecular formula is C12H16N2O6. The van der Waals surface area contributed by atoms with E-state index in [4.69, 9.17) is 14.2 Å². The van der Waals surface area contributed by atoms with E-state index in [9.17, 15) is 14.7 Å². The number of nitrogens with one attached hydrogen (secondary N) is 1. The van der Waals surface area contributed by atoms with Gasteiger partial charge in [0.2, 0.25) is 0 Å². The van der Waals surface area contributed by atoms with Crippen LogP contribution in [0.5, 0.6) is 0 Å². The minimum Gasteiger partial charge on any atom is -0.386 e. The van der Waals surface area contributed by atoms with Gasteiger partial charge in [-0.05, 0) is 13.8 Å². The predicted octanol–water partition coefficient (Wildman–Crippen LogP) is -1.05. The van der Waals surface area contributed by atoms with Crippen molar-refractivity contribution in [2.75, 3.05) is 6.61 Å². The third-order valence-corrected chi connectivity index (χ3v) is 3.41. The number of nitrogens with zero attached hydrogens (tertiary/aromatic N) is 1. The second-order valence-corrected chi connectivity index (χ2v) is 5.37. The summed E-state index contributed by atoms with van der Waals surface area (Å²) in [5.74, 6) is -0.801. The van der Waals surface area contributed by atoms with Crippen LogP contribution in [0.15, 0.2) is 21.9 Å². The summed E-state index contributed by atoms with van der Waals surface area (Å²) in [7, 11) is 0. The Morgan fingerprint density at radius 1 is 1.40 bits per heavy atom. The van der Waals surface area contributed by atoms with Gasteiger partial charge in [0.1, 0.15) is 18.3 Å². The van der Waals surface area contributed by atoms with Crippen LogP contribution in [0.2, 0.25) is 0 Å². The van der Waals surface area contributed by atoms with Crippen molar-refractivity contribution in [2.24, 2.45) is 0 Å². The number of H-pyrrole nitrogens is 1. The zero-order valence-corrected chi connectivity index (χ0v) is 11.1. The van der Waals surface area contributed by atoms with Crippen molar-refractivity contribution >= 4 is 0 Å². The van der Waals surface area contributed by atoms with Crippen molar-refractivity contribution in [1.29, 1.82) is 0 Å². The lowest BCUT2D eigenvalue weighted by molar-refractivity contribution is -0.183. The normalized spacial score (nSPS) is 35.8. The Morgan fingerprint density at radius 3 is 2.85 bits per heavy atom. The molecule has 0 bridgehead atoms. The summed E-state index contributed by atoms with van der Waals surface area (Å²) in [6, 6.07) is 1.19. The SMILES string of the molecule is CC1(C)O[C@H]2[C@@H](O)[C@@H](n3ccc(=O)[nH]c3=O)OC[C@H]2O1. The zero-order valence-electron chi connectivity index (χ0n) is 11.1. The largest absolute Gasteiger partial charge is 0.386 e. The molecule has 2 saturated heterocycles. The maximum Gasteiger partial charge on any atom is 0.330 e. The molecule has 0 spiro atoms. The van der Waals surface area contributed by atoms with E-state index in [2.05, 4.69) is 4.98 Å². The molecule has 0 aromatic carbocycles. The van der Waals surface area contributed by atoms with Gasteiger partial charge in [-0.2, -0.15) is 0 Å². The van der Waals surface area contributed by atoms with Gasteiger partial charge in [-0.3, -0.25) is 14.3 Å². The first-order chi connectivity index (χ1) is 9.37. The fourth-order valence-electron chi connectivity index (χ4n) is 2.61. The summed E-state index contributed by atoms with van der Waals surface area (Å²) >= 11 is 0. The predicted molar refractivity (Wildman–Crippen MR) is 66.1 cm³/mol. The summed E-state index contributed by atoms with van der Waals surface area (Å²) in [4.78, 5) is 24.9. The number of aromatic nitrogens is 2. The highest BCUT2D eigenvalue weighted by molar-refractivity contribution is 4.95. The van der Waals surface area contributed by atoms with Crippen LogP contribution in [-0.4, -0.2) is 45.4 Å². The first-order valence-corrected chi connectivity index (χ1v) is 6.34. The zero-order chi connectivity index (χ0) is 14.5. The lowest BCUT2D eigenvalue weighted by Crippen LogP contribution is -2.51. The summed E-state index contributed by atoms with van der Waals surface area (Å²) in [5, 5.41) is 10.3. The van der Waals surface area contributed by atoms with E-state index in [0.29, 0.717) is 0 Å². The van der Waals surface area contributed by atoms with Crippen LogP contribution < -0.4 is 11.2 Å². The second kappa shape index (κ2) is 4.52. The smallest absolute Gasteiger partial charge is 0.330 e. The van der Waals surface area contributed by atoms with Crippen molar-refractivity contribution in [3.05, 3.63) is 33.1 Å². The average Bonchev–Trinajstić information content (AvgIpc) is 2.66. The maximum absolute atomic E-state index is 11.7. The number of aromatic amines is 1. The standard InChI is InChI=1S/C12H16N2O6/c1-12(2)19-6-5-18-10(8(16)9(6)20-12)14-4-3-7(15)13-11(14)17/h3-4,6,8-10,16H,5H2,1-2H3,(H,13,15,17)/t6-,8-,9-,10+/m1/s1. The molecule has 1 aromatic rings. The molecule has 8 nitrogen and oxygen atoms in total. The summed E-state index contributed by atoms with van der Waals surface area (Å²) in [6.45, 7) is 3.69. The van der Waals surface area contributed by atoms with Gasteiger partial charge >= 0.3 is 5.69 Å². The molecule has 2 aliphatic rings. The Hall–Kier alpha value is -1.48. The van der Waals surface area contributed by atoms with E-state index in [1.54, 1.807) is 13.8 Å². The number of aliphatic hydroxyl groups is 1. The van der Waals surface area contributed by atoms with Crippen LogP contribution in [0.25, 0.3) is 0 Å². The van der Waals surface area contributed by atoms with Crippen molar-refractivity contribution in [2.45, 2.75) is 44.2 Å². The molecule has 2 N–H and O–H groups in total. The van der Waals surface area contributed by atoms with Crippen LogP contribution in [-0.2, 0) is 14.2 Å². The highest BCUT2D eigenvalue weighted by Crippen LogP contribution is 2.36. The molecule has 20 heavy (non-hydrogen) atoms. The molecule has 110 valence electrons. The van der Waals surface area contributed by atoms with Crippen LogP contribution >= 0.6 is 0 Å². The highest BCUT2D eigenvalue weighted by Gasteiger charge is 2.51. The number of aliphatic hydroxyl groups excluding tert-OH is 1. The minimum absolute atomic E-state index is 0.196. The third-order valence-electron chi connectivity index (χ3n) is 3.41. The number of hydrogen-bond donors (Lipinski definition) is 2. The van der Waals surface area contributed by atoms with E-state index in [1.165, 1.54) is 12.3 Å². The van der Waals surface area contributed by atoms with Crippen molar-refractivity contribution in [1.82, 2.24) is 9.55 Å². The Morgan fingerprint density at radius 2 is 2.15 bits per heavy atom. The summed E-state index contributed by atoms with van der Waals surface area (Å²) in [5.41, 5.74) is -1.14. The summed E-state index contributed by atoms with van der Waals surface area (Å²) in [6.07, 6.45) is -1.66. The van der Waals surface area contributed by atoms with Crippen molar-refractivity contribution < 1.29 is 19.3 Å². The number of ether oxygens (including phenoxy) is 3. The van der Waals surface area contributed by atoms with Crippen LogP contribution in [0.4, 0.5) is 0 Å². The molecule has 1 aromatic heterocycles. The molecule has 3 heterocycles. The Bertz CT molecular complexity index is 621. The first kappa shape index (κ1) is 13.5. The first-order valence-electron chi connectivity index (χ1n) is 6.34. The van der Waals surface area contributed by atoms with Gasteiger partial charge in [0.15, 0.2) is 12.0 Å². The fraction of sp³-hybridized carbons (Fsp3) is 0.667. The molecule has 0 saturated carbocycles. The van der Waals surface area contributed by atoms with Gasteiger partial charge in [0.25, 0.3) is 5.56 Å². The van der Waals surface area contributed by atoms with Gasteiger partial charge in [0.05, 0.1) is 6.61 Å². The lowest BCUT2D eigenvalue weighted by Gasteiger charge is -2.35. The van der Waals surface area contributed by atoms with Gasteiger partial charge in [-0.1, -0.05) is 0 Å². The van der Waals surface area contributed by atoms with E-state index in [1.807, 2.05) is 0 Å². The van der Waals surface area contributed by atoms with Gasteiger partial charge < -0.3 is 19.3 Å². The molecular weight excluding hydrogens is 268 g/mol. The molecule has 0 aliphatic carbocycles. The topological polar surface area (TPSA) is 103 Å². The number of fused-ring (bicyclic) bond motifs is 1. The number of hydrogen-bond acceptors (Lipinski definition) is 6. The number of rotatable bonds is 1. The monoisotopic (exact) mass is 284 g/mol. The quantitative estimate of drug-likeness (QED) is 0.682. The molecule has 8 heteroatoms. The van der Waals surface area contributed by atoms with Crippen LogP contribution in [0, 0.1) is 0 Å². The molecule has 0 unspecified atom stereocenters. The molecule has 0 amide bonds. The molecule has 3 rings (SSSR count). The highest BCUT2D eigenvalue weighted by atomic mass is 16.8. The third kappa shape index (κ3) is 2.20. The fourth-order valence-corrected chi connectivity index (χ4v) is 2.61. The average molecular weight is 284 g/mol. The van der Waals surface area contributed by atoms with Gasteiger partial charge in [0, 0.05) is 12.3 Å². The Kier molecular flexibility index (Phi) is 3.05. The van der Waals surface area contributed by atoms with Crippen molar-refractivity contribution in [3.63, 3.8) is 0 Å². The van der Waals surface area contributed by atoms with Crippen molar-refractivity contribution in [3.8, 4) is 0 Å². The minimum atomic E-state index is -1.07. The molecule has 2 aliphatic heterocycles. The van der Waals surface area contributed by atoms with Crippen LogP contribution in [0.3, 0.4) is 0 Å².